The van der Waals surface area contributed by atoms with E-state index >= 15 is 0 Å². The lowest BCUT2D eigenvalue weighted by molar-refractivity contribution is 0.0374. The monoisotopic (exact) mass is 312 g/mol. The molecular formula is C19H24N2O2. The van der Waals surface area contributed by atoms with Gasteiger partial charge in [-0.1, -0.05) is 6.07 Å². The normalized spacial score (nSPS) is 15.5. The molecule has 0 aliphatic carbocycles. The van der Waals surface area contributed by atoms with Crippen LogP contribution in [-0.2, 0) is 11.2 Å². The molecule has 0 spiro atoms. The molecule has 0 saturated carbocycles. The van der Waals surface area contributed by atoms with Crippen molar-refractivity contribution < 1.29 is 9.47 Å². The Morgan fingerprint density at radius 1 is 1.09 bits per heavy atom. The molecule has 0 atom stereocenters. The van der Waals surface area contributed by atoms with E-state index in [4.69, 9.17) is 14.5 Å². The van der Waals surface area contributed by atoms with Gasteiger partial charge in [-0.3, -0.25) is 9.88 Å². The maximum atomic E-state index is 5.38. The molecule has 1 aliphatic heterocycles. The minimum Gasteiger partial charge on any atom is -0.497 e. The molecule has 1 fully saturated rings. The molecule has 1 aliphatic rings. The number of hydrogen-bond donors (Lipinski definition) is 0. The SMILES string of the molecule is COc1ccc(-c2cccc(CCCN3CCOCC3)n2)cc1. The van der Waals surface area contributed by atoms with Crippen molar-refractivity contribution in [1.29, 1.82) is 0 Å². The fraction of sp³-hybridized carbons (Fsp3) is 0.421. The zero-order valence-corrected chi connectivity index (χ0v) is 13.7. The van der Waals surface area contributed by atoms with Gasteiger partial charge in [0.15, 0.2) is 0 Å². The molecule has 23 heavy (non-hydrogen) atoms. The maximum Gasteiger partial charge on any atom is 0.118 e. The predicted octanol–water partition coefficient (Wildman–Crippen LogP) is 3.02. The minimum absolute atomic E-state index is 0.866. The van der Waals surface area contributed by atoms with E-state index in [1.807, 2.05) is 12.1 Å². The number of rotatable bonds is 6. The second-order valence-electron chi connectivity index (χ2n) is 5.80. The number of morpholine rings is 1. The first-order valence-electron chi connectivity index (χ1n) is 8.25. The summed E-state index contributed by atoms with van der Waals surface area (Å²) in [4.78, 5) is 7.27. The second-order valence-corrected chi connectivity index (χ2v) is 5.80. The van der Waals surface area contributed by atoms with Gasteiger partial charge in [0, 0.05) is 24.3 Å². The van der Waals surface area contributed by atoms with Crippen LogP contribution in [0.1, 0.15) is 12.1 Å². The third-order valence-electron chi connectivity index (χ3n) is 4.20. The van der Waals surface area contributed by atoms with Crippen LogP contribution in [0.4, 0.5) is 0 Å². The lowest BCUT2D eigenvalue weighted by atomic mass is 10.1. The van der Waals surface area contributed by atoms with Gasteiger partial charge in [0.2, 0.25) is 0 Å². The van der Waals surface area contributed by atoms with Gasteiger partial charge in [-0.05, 0) is 55.8 Å². The minimum atomic E-state index is 0.866. The van der Waals surface area contributed by atoms with Crippen LogP contribution >= 0.6 is 0 Å². The molecule has 1 aromatic heterocycles. The number of aryl methyl sites for hydroxylation is 1. The van der Waals surface area contributed by atoms with Crippen molar-refractivity contribution >= 4 is 0 Å². The molecule has 122 valence electrons. The Hall–Kier alpha value is -1.91. The Kier molecular flexibility index (Phi) is 5.61. The van der Waals surface area contributed by atoms with Crippen LogP contribution in [0.5, 0.6) is 5.75 Å². The van der Waals surface area contributed by atoms with Crippen molar-refractivity contribution in [2.24, 2.45) is 0 Å². The Balaban J connectivity index is 1.58. The summed E-state index contributed by atoms with van der Waals surface area (Å²) in [5, 5.41) is 0. The molecule has 4 heteroatoms. The smallest absolute Gasteiger partial charge is 0.118 e. The topological polar surface area (TPSA) is 34.6 Å². The summed E-state index contributed by atoms with van der Waals surface area (Å²) in [6, 6.07) is 14.3. The van der Waals surface area contributed by atoms with Gasteiger partial charge < -0.3 is 9.47 Å². The summed E-state index contributed by atoms with van der Waals surface area (Å²) in [6.07, 6.45) is 2.15. The summed E-state index contributed by atoms with van der Waals surface area (Å²) in [6.45, 7) is 4.97. The first-order valence-corrected chi connectivity index (χ1v) is 8.25. The number of methoxy groups -OCH3 is 1. The summed E-state index contributed by atoms with van der Waals surface area (Å²) < 4.78 is 10.6. The van der Waals surface area contributed by atoms with Gasteiger partial charge in [0.05, 0.1) is 26.0 Å². The Labute approximate surface area is 138 Å². The van der Waals surface area contributed by atoms with Crippen molar-refractivity contribution in [2.45, 2.75) is 12.8 Å². The molecule has 0 amide bonds. The molecule has 0 unspecified atom stereocenters. The molecule has 4 nitrogen and oxygen atoms in total. The van der Waals surface area contributed by atoms with Crippen LogP contribution in [0.25, 0.3) is 11.3 Å². The quantitative estimate of drug-likeness (QED) is 0.821. The van der Waals surface area contributed by atoms with E-state index in [9.17, 15) is 0 Å². The Morgan fingerprint density at radius 2 is 1.87 bits per heavy atom. The van der Waals surface area contributed by atoms with E-state index in [0.29, 0.717) is 0 Å². The highest BCUT2D eigenvalue weighted by atomic mass is 16.5. The lowest BCUT2D eigenvalue weighted by Crippen LogP contribution is -2.36. The number of pyridine rings is 1. The number of hydrogen-bond acceptors (Lipinski definition) is 4. The van der Waals surface area contributed by atoms with Gasteiger partial charge in [-0.2, -0.15) is 0 Å². The van der Waals surface area contributed by atoms with Gasteiger partial charge >= 0.3 is 0 Å². The number of benzene rings is 1. The van der Waals surface area contributed by atoms with Gasteiger partial charge in [-0.15, -0.1) is 0 Å². The summed E-state index contributed by atoms with van der Waals surface area (Å²) in [5.41, 5.74) is 3.31. The largest absolute Gasteiger partial charge is 0.497 e. The summed E-state index contributed by atoms with van der Waals surface area (Å²) in [5.74, 6) is 0.871. The summed E-state index contributed by atoms with van der Waals surface area (Å²) >= 11 is 0. The highest BCUT2D eigenvalue weighted by Gasteiger charge is 2.09. The first kappa shape index (κ1) is 16.0. The van der Waals surface area contributed by atoms with Crippen LogP contribution in [0.3, 0.4) is 0 Å². The van der Waals surface area contributed by atoms with E-state index in [1.54, 1.807) is 7.11 Å². The molecule has 0 bridgehead atoms. The van der Waals surface area contributed by atoms with E-state index in [0.717, 1.165) is 68.4 Å². The van der Waals surface area contributed by atoms with E-state index in [-0.39, 0.29) is 0 Å². The molecular weight excluding hydrogens is 288 g/mol. The molecule has 2 heterocycles. The molecule has 0 N–H and O–H groups in total. The van der Waals surface area contributed by atoms with Gasteiger partial charge in [-0.25, -0.2) is 0 Å². The fourth-order valence-corrected chi connectivity index (χ4v) is 2.85. The average Bonchev–Trinajstić information content (AvgIpc) is 2.63. The van der Waals surface area contributed by atoms with Crippen LogP contribution in [0, 0.1) is 0 Å². The van der Waals surface area contributed by atoms with Crippen LogP contribution in [-0.4, -0.2) is 49.8 Å². The first-order chi connectivity index (χ1) is 11.3. The number of nitrogens with zero attached hydrogens (tertiary/aromatic N) is 2. The third kappa shape index (κ3) is 4.53. The number of ether oxygens (including phenoxy) is 2. The molecule has 1 aromatic carbocycles. The fourth-order valence-electron chi connectivity index (χ4n) is 2.85. The van der Waals surface area contributed by atoms with Crippen LogP contribution in [0.2, 0.25) is 0 Å². The third-order valence-corrected chi connectivity index (χ3v) is 4.20. The maximum absolute atomic E-state index is 5.38. The summed E-state index contributed by atoms with van der Waals surface area (Å²) in [7, 11) is 1.68. The van der Waals surface area contributed by atoms with Gasteiger partial charge in [0.25, 0.3) is 0 Å². The Morgan fingerprint density at radius 3 is 2.61 bits per heavy atom. The molecule has 0 radical (unpaired) electrons. The zero-order valence-electron chi connectivity index (χ0n) is 13.7. The lowest BCUT2D eigenvalue weighted by Gasteiger charge is -2.26. The Bertz CT molecular complexity index is 607. The second kappa shape index (κ2) is 8.09. The molecule has 3 rings (SSSR count). The zero-order chi connectivity index (χ0) is 15.9. The standard InChI is InChI=1S/C19H24N2O2/c1-22-18-9-7-16(8-10-18)19-6-2-4-17(20-19)5-3-11-21-12-14-23-15-13-21/h2,4,6-10H,3,5,11-15H2,1H3. The van der Waals surface area contributed by atoms with E-state index < -0.39 is 0 Å². The van der Waals surface area contributed by atoms with E-state index in [2.05, 4.69) is 35.2 Å². The van der Waals surface area contributed by atoms with Crippen molar-refractivity contribution in [2.75, 3.05) is 40.0 Å². The van der Waals surface area contributed by atoms with Crippen molar-refractivity contribution in [3.8, 4) is 17.0 Å². The van der Waals surface area contributed by atoms with Crippen molar-refractivity contribution in [3.63, 3.8) is 0 Å². The van der Waals surface area contributed by atoms with Gasteiger partial charge in [0.1, 0.15) is 5.75 Å². The highest BCUT2D eigenvalue weighted by molar-refractivity contribution is 5.60. The number of aromatic nitrogens is 1. The van der Waals surface area contributed by atoms with Crippen LogP contribution < -0.4 is 4.74 Å². The highest BCUT2D eigenvalue weighted by Crippen LogP contribution is 2.21. The van der Waals surface area contributed by atoms with Crippen LogP contribution in [0.15, 0.2) is 42.5 Å². The molecule has 1 saturated heterocycles. The molecule has 2 aromatic rings. The van der Waals surface area contributed by atoms with Crippen molar-refractivity contribution in [1.82, 2.24) is 9.88 Å². The average molecular weight is 312 g/mol. The van der Waals surface area contributed by atoms with E-state index in [1.165, 1.54) is 0 Å². The van der Waals surface area contributed by atoms with Crippen molar-refractivity contribution in [3.05, 3.63) is 48.2 Å². The predicted molar refractivity (Wildman–Crippen MR) is 91.8 cm³/mol.